The van der Waals surface area contributed by atoms with Crippen LogP contribution in [0.4, 0.5) is 0 Å². The van der Waals surface area contributed by atoms with Gasteiger partial charge < -0.3 is 5.73 Å². The Bertz CT molecular complexity index is 613. The highest BCUT2D eigenvalue weighted by Crippen LogP contribution is 2.28. The van der Waals surface area contributed by atoms with E-state index in [0.717, 1.165) is 17.1 Å². The van der Waals surface area contributed by atoms with Crippen molar-refractivity contribution in [3.05, 3.63) is 51.0 Å². The lowest BCUT2D eigenvalue weighted by molar-refractivity contribution is 0.484. The van der Waals surface area contributed by atoms with E-state index in [2.05, 4.69) is 35.5 Å². The predicted molar refractivity (Wildman–Crippen MR) is 85.2 cm³/mol. The summed E-state index contributed by atoms with van der Waals surface area (Å²) in [6.45, 7) is 4.16. The van der Waals surface area contributed by atoms with Crippen LogP contribution in [-0.4, -0.2) is 4.98 Å². The molecule has 1 heterocycles. The molecule has 0 bridgehead atoms. The normalized spacial score (nSPS) is 17.6. The molecule has 3 rings (SSSR count). The van der Waals surface area contributed by atoms with Crippen molar-refractivity contribution in [2.45, 2.75) is 51.5 Å². The van der Waals surface area contributed by atoms with Gasteiger partial charge in [-0.3, -0.25) is 0 Å². The standard InChI is InChI=1S/C17H22N2S/c1-12-19-16(11-20-12)10-17(2,18)15-8-7-13-5-3-4-6-14(13)9-15/h7-9,11H,3-6,10,18H2,1-2H3. The second-order valence-electron chi connectivity index (χ2n) is 6.14. The largest absolute Gasteiger partial charge is 0.321 e. The molecule has 2 aromatic rings. The van der Waals surface area contributed by atoms with Gasteiger partial charge >= 0.3 is 0 Å². The summed E-state index contributed by atoms with van der Waals surface area (Å²) in [5.74, 6) is 0. The van der Waals surface area contributed by atoms with Gasteiger partial charge in [0, 0.05) is 17.3 Å². The van der Waals surface area contributed by atoms with Crippen molar-refractivity contribution in [3.63, 3.8) is 0 Å². The molecule has 0 saturated carbocycles. The van der Waals surface area contributed by atoms with Crippen LogP contribution in [0.25, 0.3) is 0 Å². The molecule has 2 N–H and O–H groups in total. The number of nitrogens with two attached hydrogens (primary N) is 1. The SMILES string of the molecule is Cc1nc(CC(C)(N)c2ccc3c(c2)CCCC3)cs1. The number of hydrogen-bond acceptors (Lipinski definition) is 3. The summed E-state index contributed by atoms with van der Waals surface area (Å²) in [7, 11) is 0. The Morgan fingerprint density at radius 3 is 2.70 bits per heavy atom. The van der Waals surface area contributed by atoms with Crippen LogP contribution >= 0.6 is 11.3 Å². The first-order valence-corrected chi connectivity index (χ1v) is 8.25. The number of aromatic nitrogens is 1. The first-order chi connectivity index (χ1) is 9.54. The van der Waals surface area contributed by atoms with Gasteiger partial charge in [-0.05, 0) is 56.2 Å². The summed E-state index contributed by atoms with van der Waals surface area (Å²) >= 11 is 1.70. The van der Waals surface area contributed by atoms with Crippen LogP contribution in [0.15, 0.2) is 23.6 Å². The van der Waals surface area contributed by atoms with Crippen molar-refractivity contribution in [3.8, 4) is 0 Å². The minimum absolute atomic E-state index is 0.340. The van der Waals surface area contributed by atoms with Gasteiger partial charge in [0.05, 0.1) is 10.7 Å². The highest BCUT2D eigenvalue weighted by Gasteiger charge is 2.24. The van der Waals surface area contributed by atoms with Crippen LogP contribution in [0.1, 0.15) is 47.2 Å². The van der Waals surface area contributed by atoms with Crippen molar-refractivity contribution in [1.82, 2.24) is 4.98 Å². The monoisotopic (exact) mass is 286 g/mol. The van der Waals surface area contributed by atoms with Gasteiger partial charge in [-0.2, -0.15) is 0 Å². The average molecular weight is 286 g/mol. The Labute approximate surface area is 125 Å². The number of rotatable bonds is 3. The molecule has 0 amide bonds. The van der Waals surface area contributed by atoms with Crippen molar-refractivity contribution in [2.24, 2.45) is 5.73 Å². The lowest BCUT2D eigenvalue weighted by Crippen LogP contribution is -2.35. The van der Waals surface area contributed by atoms with Gasteiger partial charge in [0.25, 0.3) is 0 Å². The maximum Gasteiger partial charge on any atom is 0.0897 e. The lowest BCUT2D eigenvalue weighted by Gasteiger charge is -2.27. The number of nitrogens with zero attached hydrogens (tertiary/aromatic N) is 1. The average Bonchev–Trinajstić information content (AvgIpc) is 2.83. The molecule has 0 fully saturated rings. The zero-order valence-electron chi connectivity index (χ0n) is 12.3. The van der Waals surface area contributed by atoms with Gasteiger partial charge in [0.15, 0.2) is 0 Å². The smallest absolute Gasteiger partial charge is 0.0897 e. The van der Waals surface area contributed by atoms with Gasteiger partial charge in [-0.1, -0.05) is 18.2 Å². The molecular formula is C17H22N2S. The van der Waals surface area contributed by atoms with E-state index in [4.69, 9.17) is 5.73 Å². The Kier molecular flexibility index (Phi) is 3.65. The molecule has 1 unspecified atom stereocenters. The molecule has 20 heavy (non-hydrogen) atoms. The molecule has 0 saturated heterocycles. The molecule has 0 radical (unpaired) electrons. The minimum atomic E-state index is -0.340. The van der Waals surface area contributed by atoms with Gasteiger partial charge in [-0.25, -0.2) is 4.98 Å². The molecule has 106 valence electrons. The molecular weight excluding hydrogens is 264 g/mol. The van der Waals surface area contributed by atoms with E-state index in [1.807, 2.05) is 6.92 Å². The number of thiazole rings is 1. The summed E-state index contributed by atoms with van der Waals surface area (Å²) in [6, 6.07) is 6.82. The molecule has 3 heteroatoms. The van der Waals surface area contributed by atoms with Crippen LogP contribution in [0.2, 0.25) is 0 Å². The predicted octanol–water partition coefficient (Wildman–Crippen LogP) is 3.75. The fourth-order valence-electron chi connectivity index (χ4n) is 3.06. The van der Waals surface area contributed by atoms with E-state index < -0.39 is 0 Å². The second kappa shape index (κ2) is 5.30. The molecule has 0 aliphatic heterocycles. The van der Waals surface area contributed by atoms with E-state index in [1.54, 1.807) is 11.3 Å². The van der Waals surface area contributed by atoms with E-state index in [-0.39, 0.29) is 5.54 Å². The number of aryl methyl sites for hydroxylation is 3. The number of hydrogen-bond donors (Lipinski definition) is 1. The van der Waals surface area contributed by atoms with Gasteiger partial charge in [-0.15, -0.1) is 11.3 Å². The molecule has 1 aromatic heterocycles. The van der Waals surface area contributed by atoms with E-state index in [0.29, 0.717) is 0 Å². The van der Waals surface area contributed by atoms with Crippen LogP contribution < -0.4 is 5.73 Å². The van der Waals surface area contributed by atoms with Crippen molar-refractivity contribution >= 4 is 11.3 Å². The third kappa shape index (κ3) is 2.79. The van der Waals surface area contributed by atoms with Gasteiger partial charge in [0.2, 0.25) is 0 Å². The number of benzene rings is 1. The topological polar surface area (TPSA) is 38.9 Å². The summed E-state index contributed by atoms with van der Waals surface area (Å²) in [6.07, 6.45) is 5.86. The zero-order chi connectivity index (χ0) is 14.2. The van der Waals surface area contributed by atoms with Crippen molar-refractivity contribution in [1.29, 1.82) is 0 Å². The molecule has 2 nitrogen and oxygen atoms in total. The van der Waals surface area contributed by atoms with Crippen molar-refractivity contribution < 1.29 is 0 Å². The van der Waals surface area contributed by atoms with Crippen LogP contribution in [0.3, 0.4) is 0 Å². The third-order valence-electron chi connectivity index (χ3n) is 4.22. The van der Waals surface area contributed by atoms with E-state index in [9.17, 15) is 0 Å². The van der Waals surface area contributed by atoms with E-state index in [1.165, 1.54) is 42.4 Å². The Balaban J connectivity index is 1.86. The summed E-state index contributed by atoms with van der Waals surface area (Å²) in [5.41, 5.74) is 11.6. The summed E-state index contributed by atoms with van der Waals surface area (Å²) < 4.78 is 0. The minimum Gasteiger partial charge on any atom is -0.321 e. The van der Waals surface area contributed by atoms with E-state index >= 15 is 0 Å². The van der Waals surface area contributed by atoms with Crippen LogP contribution in [0.5, 0.6) is 0 Å². The second-order valence-corrected chi connectivity index (χ2v) is 7.20. The third-order valence-corrected chi connectivity index (χ3v) is 5.05. The van der Waals surface area contributed by atoms with Crippen molar-refractivity contribution in [2.75, 3.05) is 0 Å². The number of fused-ring (bicyclic) bond motifs is 1. The fraction of sp³-hybridized carbons (Fsp3) is 0.471. The maximum absolute atomic E-state index is 6.58. The quantitative estimate of drug-likeness (QED) is 0.933. The van der Waals surface area contributed by atoms with Gasteiger partial charge in [0.1, 0.15) is 0 Å². The Hall–Kier alpha value is -1.19. The van der Waals surface area contributed by atoms with Crippen LogP contribution in [-0.2, 0) is 24.8 Å². The molecule has 1 aromatic carbocycles. The summed E-state index contributed by atoms with van der Waals surface area (Å²) in [5, 5.41) is 3.24. The summed E-state index contributed by atoms with van der Waals surface area (Å²) in [4.78, 5) is 4.55. The highest BCUT2D eigenvalue weighted by atomic mass is 32.1. The maximum atomic E-state index is 6.58. The highest BCUT2D eigenvalue weighted by molar-refractivity contribution is 7.09. The molecule has 1 aliphatic rings. The van der Waals surface area contributed by atoms with Crippen LogP contribution in [0, 0.1) is 6.92 Å². The zero-order valence-corrected chi connectivity index (χ0v) is 13.1. The Morgan fingerprint density at radius 2 is 2.00 bits per heavy atom. The molecule has 1 aliphatic carbocycles. The lowest BCUT2D eigenvalue weighted by atomic mass is 9.83. The molecule has 0 spiro atoms. The first kappa shape index (κ1) is 13.8. The Morgan fingerprint density at radius 1 is 1.25 bits per heavy atom. The molecule has 1 atom stereocenters. The fourth-order valence-corrected chi connectivity index (χ4v) is 3.67. The first-order valence-electron chi connectivity index (χ1n) is 7.37.